The van der Waals surface area contributed by atoms with E-state index in [4.69, 9.17) is 5.11 Å². The maximum absolute atomic E-state index is 10.7. The van der Waals surface area contributed by atoms with Gasteiger partial charge >= 0.3 is 5.97 Å². The summed E-state index contributed by atoms with van der Waals surface area (Å²) >= 11 is 0. The third kappa shape index (κ3) is 2.41. The summed E-state index contributed by atoms with van der Waals surface area (Å²) in [5.74, 6) is -0.436. The molecule has 3 heteroatoms. The molecule has 0 aliphatic carbocycles. The number of benzene rings is 1. The predicted molar refractivity (Wildman–Crippen MR) is 78.4 cm³/mol. The summed E-state index contributed by atoms with van der Waals surface area (Å²) in [4.78, 5) is 10.7. The quantitative estimate of drug-likeness (QED) is 0.852. The first-order chi connectivity index (χ1) is 8.91. The average Bonchev–Trinajstić information content (AvgIpc) is 2.59. The van der Waals surface area contributed by atoms with Crippen LogP contribution in [0.15, 0.2) is 24.3 Å². The molecule has 2 rings (SSSR count). The average molecular weight is 257 g/mol. The molecule has 0 amide bonds. The van der Waals surface area contributed by atoms with E-state index in [0.717, 1.165) is 16.8 Å². The van der Waals surface area contributed by atoms with Gasteiger partial charge in [-0.1, -0.05) is 19.9 Å². The van der Waals surface area contributed by atoms with Crippen LogP contribution in [0, 0.1) is 6.92 Å². The number of carbonyl (C=O) groups is 1. The number of nitrogens with zero attached hydrogens (tertiary/aromatic N) is 1. The molecule has 1 N–H and O–H groups in total. The van der Waals surface area contributed by atoms with Crippen LogP contribution >= 0.6 is 0 Å². The zero-order valence-corrected chi connectivity index (χ0v) is 11.8. The molecular weight excluding hydrogens is 238 g/mol. The second-order valence-corrected chi connectivity index (χ2v) is 5.17. The van der Waals surface area contributed by atoms with Crippen molar-refractivity contribution in [3.8, 4) is 0 Å². The molecule has 0 saturated heterocycles. The van der Waals surface area contributed by atoms with E-state index in [2.05, 4.69) is 32.0 Å². The van der Waals surface area contributed by atoms with Gasteiger partial charge in [0.05, 0.1) is 0 Å². The summed E-state index contributed by atoms with van der Waals surface area (Å²) in [6.45, 7) is 6.38. The third-order valence-corrected chi connectivity index (χ3v) is 3.58. The maximum atomic E-state index is 10.7. The fourth-order valence-electron chi connectivity index (χ4n) is 2.41. The van der Waals surface area contributed by atoms with Crippen LogP contribution in [-0.2, 0) is 11.8 Å². The van der Waals surface area contributed by atoms with Gasteiger partial charge in [0, 0.05) is 29.7 Å². The number of aryl methyl sites for hydroxylation is 2. The first-order valence-corrected chi connectivity index (χ1v) is 6.41. The Morgan fingerprint density at radius 3 is 2.63 bits per heavy atom. The van der Waals surface area contributed by atoms with Gasteiger partial charge in [-0.15, -0.1) is 0 Å². The number of carboxylic acid groups (broad SMARTS) is 1. The molecule has 19 heavy (non-hydrogen) atoms. The lowest BCUT2D eigenvalue weighted by molar-refractivity contribution is -0.131. The van der Waals surface area contributed by atoms with Crippen LogP contribution in [0.1, 0.15) is 36.6 Å². The highest BCUT2D eigenvalue weighted by atomic mass is 16.4. The van der Waals surface area contributed by atoms with Crippen molar-refractivity contribution in [3.63, 3.8) is 0 Å². The molecule has 2 aromatic rings. The van der Waals surface area contributed by atoms with Crippen molar-refractivity contribution < 1.29 is 9.90 Å². The van der Waals surface area contributed by atoms with Crippen molar-refractivity contribution in [2.45, 2.75) is 26.7 Å². The third-order valence-electron chi connectivity index (χ3n) is 3.58. The van der Waals surface area contributed by atoms with E-state index in [1.165, 1.54) is 17.0 Å². The Morgan fingerprint density at radius 2 is 2.05 bits per heavy atom. The summed E-state index contributed by atoms with van der Waals surface area (Å²) in [5, 5.41) is 9.95. The number of rotatable bonds is 3. The highest BCUT2D eigenvalue weighted by Crippen LogP contribution is 2.28. The topological polar surface area (TPSA) is 42.2 Å². The van der Waals surface area contributed by atoms with E-state index < -0.39 is 5.97 Å². The number of fused-ring (bicyclic) bond motifs is 1. The van der Waals surface area contributed by atoms with Gasteiger partial charge in [-0.3, -0.25) is 0 Å². The number of carboxylic acids is 1. The van der Waals surface area contributed by atoms with Crippen molar-refractivity contribution in [1.82, 2.24) is 4.57 Å². The van der Waals surface area contributed by atoms with E-state index in [1.807, 2.05) is 18.5 Å². The molecule has 0 fully saturated rings. The van der Waals surface area contributed by atoms with E-state index in [0.29, 0.717) is 5.92 Å². The molecule has 0 bridgehead atoms. The zero-order valence-electron chi connectivity index (χ0n) is 11.8. The molecule has 0 aliphatic rings. The van der Waals surface area contributed by atoms with Crippen molar-refractivity contribution in [2.24, 2.45) is 7.05 Å². The molecule has 0 saturated carbocycles. The molecule has 3 nitrogen and oxygen atoms in total. The van der Waals surface area contributed by atoms with Gasteiger partial charge in [0.25, 0.3) is 0 Å². The highest BCUT2D eigenvalue weighted by molar-refractivity contribution is 5.91. The molecule has 0 spiro atoms. The molecule has 0 aliphatic heterocycles. The van der Waals surface area contributed by atoms with Crippen molar-refractivity contribution in [2.75, 3.05) is 0 Å². The molecule has 1 aromatic carbocycles. The van der Waals surface area contributed by atoms with Gasteiger partial charge in [-0.05, 0) is 42.2 Å². The largest absolute Gasteiger partial charge is 0.478 e. The van der Waals surface area contributed by atoms with Crippen LogP contribution in [0.3, 0.4) is 0 Å². The number of aromatic nitrogens is 1. The van der Waals surface area contributed by atoms with Crippen LogP contribution in [0.25, 0.3) is 17.0 Å². The fourth-order valence-corrected chi connectivity index (χ4v) is 2.41. The van der Waals surface area contributed by atoms with Crippen LogP contribution in [0.4, 0.5) is 0 Å². The Hall–Kier alpha value is -2.03. The second kappa shape index (κ2) is 4.92. The van der Waals surface area contributed by atoms with Gasteiger partial charge in [0.1, 0.15) is 0 Å². The molecule has 1 aromatic heterocycles. The zero-order chi connectivity index (χ0) is 14.2. The van der Waals surface area contributed by atoms with Crippen LogP contribution in [-0.4, -0.2) is 15.6 Å². The van der Waals surface area contributed by atoms with E-state index in [1.54, 1.807) is 6.08 Å². The predicted octanol–water partition coefficient (Wildman–Crippen LogP) is 3.71. The van der Waals surface area contributed by atoms with Crippen molar-refractivity contribution >= 4 is 22.9 Å². The monoisotopic (exact) mass is 257 g/mol. The minimum Gasteiger partial charge on any atom is -0.478 e. The molecule has 100 valence electrons. The smallest absolute Gasteiger partial charge is 0.328 e. The van der Waals surface area contributed by atoms with E-state index >= 15 is 0 Å². The van der Waals surface area contributed by atoms with E-state index in [-0.39, 0.29) is 0 Å². The van der Waals surface area contributed by atoms with Gasteiger partial charge in [0.2, 0.25) is 0 Å². The number of hydrogen-bond acceptors (Lipinski definition) is 1. The molecular formula is C16H19NO2. The summed E-state index contributed by atoms with van der Waals surface area (Å²) in [6.07, 6.45) is 2.84. The summed E-state index contributed by atoms with van der Waals surface area (Å²) in [7, 11) is 1.96. The standard InChI is InChI=1S/C16H19NO2/c1-10(2)12-5-6-15-13(9-12)11(3)14(17(15)4)7-8-16(18)19/h5-10H,1-4H3,(H,18,19)/b8-7+. The van der Waals surface area contributed by atoms with Gasteiger partial charge in [-0.2, -0.15) is 0 Å². The Bertz CT molecular complexity index is 663. The summed E-state index contributed by atoms with van der Waals surface area (Å²) < 4.78 is 2.04. The van der Waals surface area contributed by atoms with E-state index in [9.17, 15) is 4.79 Å². The normalized spacial score (nSPS) is 11.8. The second-order valence-electron chi connectivity index (χ2n) is 5.17. The van der Waals surface area contributed by atoms with Crippen LogP contribution < -0.4 is 0 Å². The van der Waals surface area contributed by atoms with Crippen molar-refractivity contribution in [3.05, 3.63) is 41.1 Å². The number of hydrogen-bond donors (Lipinski definition) is 1. The minimum atomic E-state index is -0.924. The Morgan fingerprint density at radius 1 is 1.37 bits per heavy atom. The highest BCUT2D eigenvalue weighted by Gasteiger charge is 2.11. The van der Waals surface area contributed by atoms with Crippen LogP contribution in [0.5, 0.6) is 0 Å². The Kier molecular flexibility index (Phi) is 3.47. The Balaban J connectivity index is 2.64. The Labute approximate surface area is 113 Å². The molecule has 1 heterocycles. The lowest BCUT2D eigenvalue weighted by Gasteiger charge is -2.05. The first kappa shape index (κ1) is 13.4. The summed E-state index contributed by atoms with van der Waals surface area (Å²) in [5.41, 5.74) is 4.50. The minimum absolute atomic E-state index is 0.488. The van der Waals surface area contributed by atoms with Gasteiger partial charge in [0.15, 0.2) is 0 Å². The van der Waals surface area contributed by atoms with Gasteiger partial charge in [-0.25, -0.2) is 4.79 Å². The molecule has 0 unspecified atom stereocenters. The molecule has 0 radical (unpaired) electrons. The van der Waals surface area contributed by atoms with Gasteiger partial charge < -0.3 is 9.67 Å². The lowest BCUT2D eigenvalue weighted by atomic mass is 10.0. The molecule has 0 atom stereocenters. The van der Waals surface area contributed by atoms with Crippen LogP contribution in [0.2, 0.25) is 0 Å². The first-order valence-electron chi connectivity index (χ1n) is 6.41. The summed E-state index contributed by atoms with van der Waals surface area (Å²) in [6, 6.07) is 6.44. The maximum Gasteiger partial charge on any atom is 0.328 e. The lowest BCUT2D eigenvalue weighted by Crippen LogP contribution is -1.93. The SMILES string of the molecule is Cc1c(/C=C/C(=O)O)n(C)c2ccc(C(C)C)cc12. The fraction of sp³-hybridized carbons (Fsp3) is 0.312. The number of aliphatic carboxylic acids is 1. The van der Waals surface area contributed by atoms with Crippen molar-refractivity contribution in [1.29, 1.82) is 0 Å².